The predicted octanol–water partition coefficient (Wildman–Crippen LogP) is 5.70. The van der Waals surface area contributed by atoms with Crippen molar-refractivity contribution < 1.29 is 28.5 Å². The van der Waals surface area contributed by atoms with Crippen LogP contribution < -0.4 is 14.2 Å². The van der Waals surface area contributed by atoms with Crippen molar-refractivity contribution in [3.05, 3.63) is 76.3 Å². The summed E-state index contributed by atoms with van der Waals surface area (Å²) in [6, 6.07) is 16.0. The van der Waals surface area contributed by atoms with E-state index < -0.39 is 5.60 Å². The number of aryl methyl sites for hydroxylation is 1. The molecule has 6 nitrogen and oxygen atoms in total. The smallest absolute Gasteiger partial charge is 0.306 e. The second-order valence-electron chi connectivity index (χ2n) is 9.97. The largest absolute Gasteiger partial charge is 0.492 e. The summed E-state index contributed by atoms with van der Waals surface area (Å²) in [6.45, 7) is 4.94. The summed E-state index contributed by atoms with van der Waals surface area (Å²) >= 11 is 0. The number of carbonyl (C=O) groups is 2. The molecule has 0 radical (unpaired) electrons. The van der Waals surface area contributed by atoms with Gasteiger partial charge in [-0.15, -0.1) is 0 Å². The summed E-state index contributed by atoms with van der Waals surface area (Å²) in [6.07, 6.45) is 1.92. The van der Waals surface area contributed by atoms with Crippen LogP contribution in [0.25, 0.3) is 11.1 Å². The fourth-order valence-corrected chi connectivity index (χ4v) is 5.46. The van der Waals surface area contributed by atoms with Crippen molar-refractivity contribution in [3.63, 3.8) is 0 Å². The van der Waals surface area contributed by atoms with E-state index in [2.05, 4.69) is 19.1 Å². The summed E-state index contributed by atoms with van der Waals surface area (Å²) in [5, 5.41) is 0. The van der Waals surface area contributed by atoms with Gasteiger partial charge in [-0.2, -0.15) is 0 Å². The number of ketones is 1. The van der Waals surface area contributed by atoms with Crippen LogP contribution in [0.5, 0.6) is 17.2 Å². The molecule has 6 heteroatoms. The Kier molecular flexibility index (Phi) is 5.29. The highest BCUT2D eigenvalue weighted by Gasteiger charge is 2.58. The van der Waals surface area contributed by atoms with Crippen LogP contribution >= 0.6 is 0 Å². The van der Waals surface area contributed by atoms with E-state index in [1.807, 2.05) is 43.3 Å². The molecule has 0 bridgehead atoms. The Balaban J connectivity index is 1.21. The van der Waals surface area contributed by atoms with Crippen LogP contribution in [0.4, 0.5) is 0 Å². The zero-order valence-electron chi connectivity index (χ0n) is 20.7. The molecule has 3 aliphatic rings. The molecule has 184 valence electrons. The first-order chi connectivity index (χ1) is 17.4. The summed E-state index contributed by atoms with van der Waals surface area (Å²) in [5.74, 6) is 2.07. The number of hydrogen-bond donors (Lipinski definition) is 0. The number of carbonyl (C=O) groups excluding carboxylic acids is 2. The van der Waals surface area contributed by atoms with E-state index in [0.29, 0.717) is 25.4 Å². The molecule has 1 aliphatic carbocycles. The van der Waals surface area contributed by atoms with E-state index >= 15 is 0 Å². The van der Waals surface area contributed by atoms with Crippen LogP contribution in [0, 0.1) is 13.8 Å². The SMILES string of the molecule is COC(=O)C[C@@H]1COc2cc(OCc3cccc(-c4c(C)cc5c(c4C)C(=O)C4(CC4)O5)c3)ccc21. The standard InChI is InChI=1S/C30H28O6/c1-17-11-25-28(29(32)30(36-25)9-10-30)18(2)27(17)20-6-4-5-19(12-20)15-34-22-7-8-23-21(13-26(31)33-3)16-35-24(23)14-22/h4-8,11-12,14,21H,9-10,13,15-16H2,1-3H3/t21-/m1/s1. The van der Waals surface area contributed by atoms with Crippen LogP contribution in [-0.4, -0.2) is 31.1 Å². The van der Waals surface area contributed by atoms with Gasteiger partial charge in [0.15, 0.2) is 5.60 Å². The summed E-state index contributed by atoms with van der Waals surface area (Å²) in [5.41, 5.74) is 6.38. The molecule has 1 fully saturated rings. The highest BCUT2D eigenvalue weighted by molar-refractivity contribution is 6.11. The average Bonchev–Trinajstić information content (AvgIpc) is 3.46. The van der Waals surface area contributed by atoms with Crippen LogP contribution in [0.3, 0.4) is 0 Å². The second-order valence-corrected chi connectivity index (χ2v) is 9.97. The number of methoxy groups -OCH3 is 1. The highest BCUT2D eigenvalue weighted by atomic mass is 16.5. The summed E-state index contributed by atoms with van der Waals surface area (Å²) in [4.78, 5) is 24.7. The van der Waals surface area contributed by atoms with Crippen molar-refractivity contribution in [1.29, 1.82) is 0 Å². The Morgan fingerprint density at radius 2 is 1.89 bits per heavy atom. The maximum absolute atomic E-state index is 13.0. The third-order valence-corrected chi connectivity index (χ3v) is 7.52. The lowest BCUT2D eigenvalue weighted by Crippen LogP contribution is -2.22. The molecule has 6 rings (SSSR count). The fourth-order valence-electron chi connectivity index (χ4n) is 5.46. The van der Waals surface area contributed by atoms with Crippen molar-refractivity contribution in [3.8, 4) is 28.4 Å². The first-order valence-corrected chi connectivity index (χ1v) is 12.3. The number of ether oxygens (including phenoxy) is 4. The Labute approximate surface area is 210 Å². The molecule has 2 aliphatic heterocycles. The van der Waals surface area contributed by atoms with Gasteiger partial charge in [-0.3, -0.25) is 9.59 Å². The molecule has 0 saturated heterocycles. The van der Waals surface area contributed by atoms with Gasteiger partial charge in [0.2, 0.25) is 5.78 Å². The Morgan fingerprint density at radius 1 is 1.06 bits per heavy atom. The number of fused-ring (bicyclic) bond motifs is 2. The second kappa shape index (κ2) is 8.40. The Morgan fingerprint density at radius 3 is 2.67 bits per heavy atom. The first-order valence-electron chi connectivity index (χ1n) is 12.3. The van der Waals surface area contributed by atoms with Gasteiger partial charge in [-0.25, -0.2) is 0 Å². The van der Waals surface area contributed by atoms with Crippen molar-refractivity contribution >= 4 is 11.8 Å². The molecule has 3 aromatic rings. The molecular weight excluding hydrogens is 456 g/mol. The molecule has 0 N–H and O–H groups in total. The van der Waals surface area contributed by atoms with E-state index in [1.54, 1.807) is 0 Å². The van der Waals surface area contributed by atoms with Gasteiger partial charge in [0, 0.05) is 17.5 Å². The first kappa shape index (κ1) is 22.7. The van der Waals surface area contributed by atoms with Gasteiger partial charge >= 0.3 is 5.97 Å². The minimum atomic E-state index is -0.591. The van der Waals surface area contributed by atoms with Gasteiger partial charge in [-0.05, 0) is 72.7 Å². The zero-order valence-corrected chi connectivity index (χ0v) is 20.7. The lowest BCUT2D eigenvalue weighted by Gasteiger charge is -2.15. The number of Topliss-reactive ketones (excluding diaryl/α,β-unsaturated/α-hetero) is 1. The third kappa shape index (κ3) is 3.72. The topological polar surface area (TPSA) is 71.1 Å². The van der Waals surface area contributed by atoms with E-state index in [-0.39, 0.29) is 17.7 Å². The van der Waals surface area contributed by atoms with Crippen molar-refractivity contribution in [2.45, 2.75) is 51.2 Å². The maximum atomic E-state index is 13.0. The minimum Gasteiger partial charge on any atom is -0.492 e. The molecule has 1 spiro atoms. The predicted molar refractivity (Wildman–Crippen MR) is 134 cm³/mol. The molecule has 2 heterocycles. The summed E-state index contributed by atoms with van der Waals surface area (Å²) < 4.78 is 22.7. The number of esters is 1. The quantitative estimate of drug-likeness (QED) is 0.418. The maximum Gasteiger partial charge on any atom is 0.306 e. The van der Waals surface area contributed by atoms with Crippen LogP contribution in [0.2, 0.25) is 0 Å². The van der Waals surface area contributed by atoms with Crippen LogP contribution in [0.1, 0.15) is 57.8 Å². The molecule has 0 unspecified atom stereocenters. The Hall–Kier alpha value is -3.80. The van der Waals surface area contributed by atoms with Gasteiger partial charge in [0.1, 0.15) is 23.9 Å². The van der Waals surface area contributed by atoms with Crippen molar-refractivity contribution in [1.82, 2.24) is 0 Å². The molecular formula is C30H28O6. The molecule has 36 heavy (non-hydrogen) atoms. The van der Waals surface area contributed by atoms with E-state index in [9.17, 15) is 9.59 Å². The Bertz CT molecular complexity index is 1400. The number of rotatable bonds is 6. The third-order valence-electron chi connectivity index (χ3n) is 7.52. The number of hydrogen-bond acceptors (Lipinski definition) is 6. The van der Waals surface area contributed by atoms with Gasteiger partial charge in [-0.1, -0.05) is 24.3 Å². The van der Waals surface area contributed by atoms with Gasteiger partial charge < -0.3 is 18.9 Å². The van der Waals surface area contributed by atoms with E-state index in [4.69, 9.17) is 18.9 Å². The lowest BCUT2D eigenvalue weighted by atomic mass is 9.89. The van der Waals surface area contributed by atoms with Crippen LogP contribution in [0.15, 0.2) is 48.5 Å². The normalized spacial score (nSPS) is 18.3. The van der Waals surface area contributed by atoms with E-state index in [0.717, 1.165) is 63.3 Å². The van der Waals surface area contributed by atoms with Gasteiger partial charge in [0.05, 0.1) is 25.7 Å². The molecule has 1 saturated carbocycles. The fraction of sp³-hybridized carbons (Fsp3) is 0.333. The highest BCUT2D eigenvalue weighted by Crippen LogP contribution is 2.52. The monoisotopic (exact) mass is 484 g/mol. The van der Waals surface area contributed by atoms with Crippen LogP contribution in [-0.2, 0) is 16.1 Å². The average molecular weight is 485 g/mol. The lowest BCUT2D eigenvalue weighted by molar-refractivity contribution is -0.141. The minimum absolute atomic E-state index is 0.00376. The van der Waals surface area contributed by atoms with Crippen molar-refractivity contribution in [2.75, 3.05) is 13.7 Å². The van der Waals surface area contributed by atoms with Crippen molar-refractivity contribution in [2.24, 2.45) is 0 Å². The zero-order chi connectivity index (χ0) is 25.0. The van der Waals surface area contributed by atoms with Gasteiger partial charge in [0.25, 0.3) is 0 Å². The summed E-state index contributed by atoms with van der Waals surface area (Å²) in [7, 11) is 1.40. The molecule has 1 atom stereocenters. The molecule has 0 amide bonds. The molecule has 3 aromatic carbocycles. The number of benzene rings is 3. The van der Waals surface area contributed by atoms with E-state index in [1.165, 1.54) is 7.11 Å². The molecule has 0 aromatic heterocycles.